The summed E-state index contributed by atoms with van der Waals surface area (Å²) in [6.07, 6.45) is -3.29. The molecule has 0 saturated heterocycles. The summed E-state index contributed by atoms with van der Waals surface area (Å²) >= 11 is 8.28. The number of halogens is 5. The molecular weight excluding hydrogens is 270 g/mol. The van der Waals surface area contributed by atoms with Crippen molar-refractivity contribution < 1.29 is 13.2 Å². The van der Waals surface area contributed by atoms with E-state index in [-0.39, 0.29) is 16.0 Å². The number of hydrogen-bond acceptors (Lipinski definition) is 1. The van der Waals surface area contributed by atoms with Gasteiger partial charge in [-0.25, -0.2) is 4.98 Å². The normalized spacial score (nSPS) is 11.8. The Morgan fingerprint density at radius 1 is 1.46 bits per heavy atom. The van der Waals surface area contributed by atoms with E-state index in [0.29, 0.717) is 0 Å². The Bertz CT molecular complexity index is 313. The van der Waals surface area contributed by atoms with Gasteiger partial charge in [-0.2, -0.15) is 13.2 Å². The van der Waals surface area contributed by atoms with Gasteiger partial charge in [0.05, 0.1) is 11.4 Å². The maximum absolute atomic E-state index is 12.3. The van der Waals surface area contributed by atoms with Crippen LogP contribution in [0.15, 0.2) is 16.9 Å². The van der Waals surface area contributed by atoms with Crippen molar-refractivity contribution in [1.82, 2.24) is 4.98 Å². The summed E-state index contributed by atoms with van der Waals surface area (Å²) in [6.45, 7) is 0. The van der Waals surface area contributed by atoms with Crippen LogP contribution in [0.1, 0.15) is 11.1 Å². The standard InChI is InChI=1S/C7H4BrClF3N/c8-6-4(3-9)5(1-2-13-6)7(10,11)12/h1-2H,3H2. The van der Waals surface area contributed by atoms with Crippen molar-refractivity contribution in [2.24, 2.45) is 0 Å². The van der Waals surface area contributed by atoms with Crippen LogP contribution in [0.5, 0.6) is 0 Å². The second-order valence-electron chi connectivity index (χ2n) is 2.26. The zero-order valence-electron chi connectivity index (χ0n) is 6.20. The largest absolute Gasteiger partial charge is 0.416 e. The first kappa shape index (κ1) is 10.8. The van der Waals surface area contributed by atoms with Gasteiger partial charge in [0.15, 0.2) is 0 Å². The first-order valence-electron chi connectivity index (χ1n) is 3.23. The van der Waals surface area contributed by atoms with Crippen LogP contribution in [0.4, 0.5) is 13.2 Å². The van der Waals surface area contributed by atoms with Gasteiger partial charge >= 0.3 is 6.18 Å². The van der Waals surface area contributed by atoms with E-state index in [0.717, 1.165) is 12.3 Å². The van der Waals surface area contributed by atoms with E-state index in [1.54, 1.807) is 0 Å². The summed E-state index contributed by atoms with van der Waals surface area (Å²) < 4.78 is 37.1. The van der Waals surface area contributed by atoms with E-state index < -0.39 is 11.7 Å². The quantitative estimate of drug-likeness (QED) is 0.563. The monoisotopic (exact) mass is 273 g/mol. The van der Waals surface area contributed by atoms with Crippen LogP contribution >= 0.6 is 27.5 Å². The molecule has 1 rings (SSSR count). The summed E-state index contributed by atoms with van der Waals surface area (Å²) in [5.41, 5.74) is -0.777. The molecule has 0 radical (unpaired) electrons. The molecule has 0 fully saturated rings. The van der Waals surface area contributed by atoms with Crippen LogP contribution < -0.4 is 0 Å². The minimum absolute atomic E-state index is 0.0309. The third-order valence-electron chi connectivity index (χ3n) is 1.44. The molecule has 0 aliphatic carbocycles. The third kappa shape index (κ3) is 2.34. The zero-order chi connectivity index (χ0) is 10.1. The highest BCUT2D eigenvalue weighted by atomic mass is 79.9. The van der Waals surface area contributed by atoms with Gasteiger partial charge in [-0.1, -0.05) is 0 Å². The second kappa shape index (κ2) is 3.84. The Kier molecular flexibility index (Phi) is 3.18. The number of aromatic nitrogens is 1. The molecule has 0 atom stereocenters. The molecule has 0 aromatic carbocycles. The fourth-order valence-corrected chi connectivity index (χ4v) is 1.76. The van der Waals surface area contributed by atoms with E-state index in [1.165, 1.54) is 0 Å². The highest BCUT2D eigenvalue weighted by Gasteiger charge is 2.33. The summed E-state index contributed by atoms with van der Waals surface area (Å²) in [6, 6.07) is 0.905. The lowest BCUT2D eigenvalue weighted by molar-refractivity contribution is -0.138. The molecule has 1 heterocycles. The summed E-state index contributed by atoms with van der Waals surface area (Å²) in [5.74, 6) is -0.219. The molecule has 0 saturated carbocycles. The van der Waals surface area contributed by atoms with Crippen molar-refractivity contribution in [3.63, 3.8) is 0 Å². The van der Waals surface area contributed by atoms with Crippen LogP contribution in [0.3, 0.4) is 0 Å². The minimum Gasteiger partial charge on any atom is -0.249 e. The van der Waals surface area contributed by atoms with Crippen molar-refractivity contribution in [1.29, 1.82) is 0 Å². The van der Waals surface area contributed by atoms with E-state index in [1.807, 2.05) is 0 Å². The van der Waals surface area contributed by atoms with Gasteiger partial charge in [0.2, 0.25) is 0 Å². The maximum atomic E-state index is 12.3. The predicted octanol–water partition coefficient (Wildman–Crippen LogP) is 3.60. The molecule has 72 valence electrons. The molecule has 1 aromatic heterocycles. The molecule has 13 heavy (non-hydrogen) atoms. The number of nitrogens with zero attached hydrogens (tertiary/aromatic N) is 1. The van der Waals surface area contributed by atoms with Crippen molar-refractivity contribution in [3.8, 4) is 0 Å². The van der Waals surface area contributed by atoms with E-state index >= 15 is 0 Å². The molecule has 0 N–H and O–H groups in total. The summed E-state index contributed by atoms with van der Waals surface area (Å²) in [4.78, 5) is 3.66. The average molecular weight is 274 g/mol. The van der Waals surface area contributed by atoms with Crippen molar-refractivity contribution >= 4 is 27.5 Å². The molecule has 0 aliphatic rings. The van der Waals surface area contributed by atoms with E-state index in [4.69, 9.17) is 11.6 Å². The predicted molar refractivity (Wildman–Crippen MR) is 46.5 cm³/mol. The van der Waals surface area contributed by atoms with E-state index in [9.17, 15) is 13.2 Å². The van der Waals surface area contributed by atoms with Gasteiger partial charge < -0.3 is 0 Å². The lowest BCUT2D eigenvalue weighted by Gasteiger charge is -2.11. The Morgan fingerprint density at radius 2 is 2.08 bits per heavy atom. The Hall–Kier alpha value is -0.290. The first-order valence-corrected chi connectivity index (χ1v) is 4.56. The summed E-state index contributed by atoms with van der Waals surface area (Å²) in [5, 5.41) is 0. The van der Waals surface area contributed by atoms with Gasteiger partial charge in [0.25, 0.3) is 0 Å². The molecule has 0 aliphatic heterocycles. The van der Waals surface area contributed by atoms with Crippen LogP contribution in [-0.4, -0.2) is 4.98 Å². The number of rotatable bonds is 1. The van der Waals surface area contributed by atoms with Crippen molar-refractivity contribution in [2.45, 2.75) is 12.1 Å². The number of hydrogen-bond donors (Lipinski definition) is 0. The van der Waals surface area contributed by atoms with Gasteiger partial charge in [0, 0.05) is 11.8 Å². The highest BCUT2D eigenvalue weighted by Crippen LogP contribution is 2.34. The molecular formula is C7H4BrClF3N. The molecule has 0 bridgehead atoms. The maximum Gasteiger partial charge on any atom is 0.416 e. The molecule has 1 nitrogen and oxygen atoms in total. The first-order chi connectivity index (χ1) is 5.96. The van der Waals surface area contributed by atoms with Crippen LogP contribution in [0, 0.1) is 0 Å². The number of alkyl halides is 4. The second-order valence-corrected chi connectivity index (χ2v) is 3.28. The van der Waals surface area contributed by atoms with Crippen molar-refractivity contribution in [3.05, 3.63) is 28.0 Å². The van der Waals surface area contributed by atoms with Gasteiger partial charge in [-0.3, -0.25) is 0 Å². The van der Waals surface area contributed by atoms with Crippen molar-refractivity contribution in [2.75, 3.05) is 0 Å². The highest BCUT2D eigenvalue weighted by molar-refractivity contribution is 9.10. The molecule has 6 heteroatoms. The Morgan fingerprint density at radius 3 is 2.46 bits per heavy atom. The smallest absolute Gasteiger partial charge is 0.249 e. The number of pyridine rings is 1. The fourth-order valence-electron chi connectivity index (χ4n) is 0.860. The van der Waals surface area contributed by atoms with Gasteiger partial charge in [0.1, 0.15) is 4.60 Å². The topological polar surface area (TPSA) is 12.9 Å². The minimum atomic E-state index is -4.38. The summed E-state index contributed by atoms with van der Waals surface area (Å²) in [7, 11) is 0. The molecule has 0 amide bonds. The lowest BCUT2D eigenvalue weighted by atomic mass is 10.1. The van der Waals surface area contributed by atoms with Gasteiger partial charge in [-0.05, 0) is 22.0 Å². The van der Waals surface area contributed by atoms with Crippen LogP contribution in [0.2, 0.25) is 0 Å². The molecule has 0 spiro atoms. The Labute approximate surface area is 86.0 Å². The molecule has 1 aromatic rings. The third-order valence-corrected chi connectivity index (χ3v) is 2.39. The zero-order valence-corrected chi connectivity index (χ0v) is 8.54. The van der Waals surface area contributed by atoms with Gasteiger partial charge in [-0.15, -0.1) is 11.6 Å². The SMILES string of the molecule is FC(F)(F)c1ccnc(Br)c1CCl. The van der Waals surface area contributed by atoms with Crippen LogP contribution in [-0.2, 0) is 12.1 Å². The Balaban J connectivity index is 3.29. The average Bonchev–Trinajstić information content (AvgIpc) is 2.02. The van der Waals surface area contributed by atoms with Crippen LogP contribution in [0.25, 0.3) is 0 Å². The fraction of sp³-hybridized carbons (Fsp3) is 0.286. The lowest BCUT2D eigenvalue weighted by Crippen LogP contribution is -2.09. The molecule has 0 unspecified atom stereocenters. The van der Waals surface area contributed by atoms with E-state index in [2.05, 4.69) is 20.9 Å².